The highest BCUT2D eigenvalue weighted by Crippen LogP contribution is 2.27. The zero-order valence-corrected chi connectivity index (χ0v) is 18.4. The maximum absolute atomic E-state index is 12.1. The van der Waals surface area contributed by atoms with Gasteiger partial charge in [-0.1, -0.05) is 17.7 Å². The van der Waals surface area contributed by atoms with E-state index >= 15 is 0 Å². The average Bonchev–Trinajstić information content (AvgIpc) is 2.74. The van der Waals surface area contributed by atoms with Crippen molar-refractivity contribution in [1.82, 2.24) is 9.88 Å². The molecule has 31 heavy (non-hydrogen) atoms. The molecule has 4 rings (SSSR count). The molecule has 1 aliphatic heterocycles. The molecule has 0 aliphatic carbocycles. The summed E-state index contributed by atoms with van der Waals surface area (Å²) in [7, 11) is 4.28. The second-order valence-electron chi connectivity index (χ2n) is 8.73. The molecular weight excluding hydrogens is 388 g/mol. The van der Waals surface area contributed by atoms with Crippen molar-refractivity contribution in [2.24, 2.45) is 10.9 Å². The first-order chi connectivity index (χ1) is 14.9. The van der Waals surface area contributed by atoms with Crippen molar-refractivity contribution in [2.45, 2.75) is 19.8 Å². The number of nitrogens with zero attached hydrogens (tertiary/aromatic N) is 3. The number of rotatable bonds is 5. The summed E-state index contributed by atoms with van der Waals surface area (Å²) < 4.78 is 0. The third-order valence-corrected chi connectivity index (χ3v) is 5.99. The fraction of sp³-hybridized carbons (Fsp3) is 0.360. The predicted octanol–water partition coefficient (Wildman–Crippen LogP) is 4.07. The largest absolute Gasteiger partial charge is 0.494 e. The van der Waals surface area contributed by atoms with Crippen LogP contribution in [0.2, 0.25) is 0 Å². The third kappa shape index (κ3) is 4.80. The van der Waals surface area contributed by atoms with Gasteiger partial charge in [0.1, 0.15) is 0 Å². The van der Waals surface area contributed by atoms with Crippen LogP contribution in [0, 0.1) is 12.8 Å². The Balaban J connectivity index is 1.50. The van der Waals surface area contributed by atoms with Crippen molar-refractivity contribution < 1.29 is 5.11 Å². The first-order valence-corrected chi connectivity index (χ1v) is 10.8. The number of aromatic nitrogens is 1. The molecule has 0 amide bonds. The van der Waals surface area contributed by atoms with E-state index in [4.69, 9.17) is 0 Å². The summed E-state index contributed by atoms with van der Waals surface area (Å²) in [6.45, 7) is 5.28. The van der Waals surface area contributed by atoms with E-state index in [1.807, 2.05) is 31.2 Å². The Labute approximate surface area is 182 Å². The number of hydrogen-bond donors (Lipinski definition) is 2. The second-order valence-corrected chi connectivity index (χ2v) is 8.73. The van der Waals surface area contributed by atoms with Crippen LogP contribution in [0.1, 0.15) is 24.0 Å². The van der Waals surface area contributed by atoms with Gasteiger partial charge in [0.25, 0.3) is 5.56 Å². The average molecular weight is 419 g/mol. The Morgan fingerprint density at radius 3 is 2.52 bits per heavy atom. The summed E-state index contributed by atoms with van der Waals surface area (Å²) in [4.78, 5) is 23.9. The molecule has 2 heterocycles. The molecule has 1 fully saturated rings. The maximum Gasteiger partial charge on any atom is 0.258 e. The van der Waals surface area contributed by atoms with E-state index in [9.17, 15) is 9.90 Å². The maximum atomic E-state index is 12.1. The highest BCUT2D eigenvalue weighted by atomic mass is 16.3. The van der Waals surface area contributed by atoms with Crippen molar-refractivity contribution in [1.29, 1.82) is 0 Å². The molecule has 162 valence electrons. The number of aryl methyl sites for hydroxylation is 1. The van der Waals surface area contributed by atoms with E-state index < -0.39 is 0 Å². The molecular formula is C25H30N4O2. The van der Waals surface area contributed by atoms with Crippen LogP contribution >= 0.6 is 0 Å². The Morgan fingerprint density at radius 2 is 1.84 bits per heavy atom. The molecule has 1 aromatic heterocycles. The van der Waals surface area contributed by atoms with Crippen molar-refractivity contribution in [2.75, 3.05) is 38.6 Å². The van der Waals surface area contributed by atoms with E-state index in [1.165, 1.54) is 18.5 Å². The molecule has 2 N–H and O–H groups in total. The topological polar surface area (TPSA) is 71.9 Å². The van der Waals surface area contributed by atoms with Crippen LogP contribution in [0.15, 0.2) is 52.3 Å². The summed E-state index contributed by atoms with van der Waals surface area (Å²) in [6.07, 6.45) is 4.06. The lowest BCUT2D eigenvalue weighted by Gasteiger charge is -2.34. The van der Waals surface area contributed by atoms with Crippen LogP contribution in [0.5, 0.6) is 5.88 Å². The number of hydrogen-bond acceptors (Lipinski definition) is 5. The minimum Gasteiger partial charge on any atom is -0.494 e. The number of piperidine rings is 1. The number of aliphatic imine (C=N–C) groups is 1. The molecule has 6 heteroatoms. The zero-order chi connectivity index (χ0) is 22.0. The predicted molar refractivity (Wildman–Crippen MR) is 128 cm³/mol. The minimum atomic E-state index is -0.302. The summed E-state index contributed by atoms with van der Waals surface area (Å²) in [5, 5.41) is 11.5. The van der Waals surface area contributed by atoms with Gasteiger partial charge in [0, 0.05) is 42.3 Å². The molecule has 3 aromatic rings. The summed E-state index contributed by atoms with van der Waals surface area (Å²) >= 11 is 0. The fourth-order valence-corrected chi connectivity index (χ4v) is 4.36. The SMILES string of the molecule is Cc1ccc2c(=O)[nH]c(O)c(C=Nc3ccc(N4CCC(CN(C)C)CC4)cc3)c2c1. The first-order valence-electron chi connectivity index (χ1n) is 10.8. The van der Waals surface area contributed by atoms with Crippen LogP contribution < -0.4 is 10.5 Å². The van der Waals surface area contributed by atoms with Gasteiger partial charge in [-0.25, -0.2) is 0 Å². The molecule has 2 aromatic carbocycles. The number of fused-ring (bicyclic) bond motifs is 1. The number of aromatic amines is 1. The first kappa shape index (κ1) is 21.1. The molecule has 0 radical (unpaired) electrons. The van der Waals surface area contributed by atoms with Crippen molar-refractivity contribution in [3.63, 3.8) is 0 Å². The quantitative estimate of drug-likeness (QED) is 0.613. The van der Waals surface area contributed by atoms with Gasteiger partial charge in [0.2, 0.25) is 5.88 Å². The van der Waals surface area contributed by atoms with Gasteiger partial charge < -0.3 is 14.9 Å². The fourth-order valence-electron chi connectivity index (χ4n) is 4.36. The molecule has 0 spiro atoms. The van der Waals surface area contributed by atoms with Gasteiger partial charge in [-0.05, 0) is 70.1 Å². The highest BCUT2D eigenvalue weighted by Gasteiger charge is 2.19. The van der Waals surface area contributed by atoms with E-state index in [0.29, 0.717) is 16.3 Å². The van der Waals surface area contributed by atoms with Crippen molar-refractivity contribution in [3.05, 3.63) is 63.9 Å². The van der Waals surface area contributed by atoms with E-state index in [2.05, 4.69) is 46.0 Å². The number of H-pyrrole nitrogens is 1. The van der Waals surface area contributed by atoms with E-state index in [0.717, 1.165) is 36.8 Å². The smallest absolute Gasteiger partial charge is 0.258 e. The van der Waals surface area contributed by atoms with Gasteiger partial charge in [-0.15, -0.1) is 0 Å². The van der Waals surface area contributed by atoms with Crippen LogP contribution in [-0.4, -0.2) is 54.9 Å². The minimum absolute atomic E-state index is 0.163. The van der Waals surface area contributed by atoms with Gasteiger partial charge >= 0.3 is 0 Å². The van der Waals surface area contributed by atoms with Gasteiger partial charge in [0.05, 0.1) is 11.3 Å². The number of nitrogens with one attached hydrogen (secondary N) is 1. The molecule has 0 atom stereocenters. The van der Waals surface area contributed by atoms with Gasteiger partial charge in [-0.3, -0.25) is 14.8 Å². The van der Waals surface area contributed by atoms with Crippen LogP contribution in [0.25, 0.3) is 10.8 Å². The van der Waals surface area contributed by atoms with E-state index in [1.54, 1.807) is 12.3 Å². The molecule has 1 saturated heterocycles. The lowest BCUT2D eigenvalue weighted by atomic mass is 9.96. The Bertz CT molecular complexity index is 1140. The van der Waals surface area contributed by atoms with Gasteiger partial charge in [-0.2, -0.15) is 0 Å². The highest BCUT2D eigenvalue weighted by molar-refractivity contribution is 6.02. The Kier molecular flexibility index (Phi) is 6.09. The Morgan fingerprint density at radius 1 is 1.13 bits per heavy atom. The third-order valence-electron chi connectivity index (χ3n) is 5.99. The van der Waals surface area contributed by atoms with Crippen LogP contribution in [0.4, 0.5) is 11.4 Å². The molecule has 0 unspecified atom stereocenters. The summed E-state index contributed by atoms with van der Waals surface area (Å²) in [6, 6.07) is 13.8. The van der Waals surface area contributed by atoms with E-state index in [-0.39, 0.29) is 11.4 Å². The summed E-state index contributed by atoms with van der Waals surface area (Å²) in [5.41, 5.74) is 3.26. The molecule has 0 saturated carbocycles. The number of aromatic hydroxyl groups is 1. The normalized spacial score (nSPS) is 15.4. The molecule has 1 aliphatic rings. The zero-order valence-electron chi connectivity index (χ0n) is 18.4. The number of benzene rings is 2. The number of pyridine rings is 1. The van der Waals surface area contributed by atoms with Gasteiger partial charge in [0.15, 0.2) is 0 Å². The lowest BCUT2D eigenvalue weighted by molar-refractivity contribution is 0.285. The Hall–Kier alpha value is -3.12. The molecule has 0 bridgehead atoms. The summed E-state index contributed by atoms with van der Waals surface area (Å²) in [5.74, 6) is 0.614. The van der Waals surface area contributed by atoms with Crippen molar-refractivity contribution >= 4 is 28.4 Å². The standard InChI is InChI=1S/C25H30N4O2/c1-17-4-9-21-22(14-17)23(25(31)27-24(21)30)15-26-19-5-7-20(8-6-19)29-12-10-18(11-13-29)16-28(2)3/h4-9,14-15,18H,10-13,16H2,1-3H3,(H2,27,30,31). The number of anilines is 1. The monoisotopic (exact) mass is 418 g/mol. The van der Waals surface area contributed by atoms with Crippen LogP contribution in [0.3, 0.4) is 0 Å². The lowest BCUT2D eigenvalue weighted by Crippen LogP contribution is -2.37. The molecule has 6 nitrogen and oxygen atoms in total. The van der Waals surface area contributed by atoms with Crippen molar-refractivity contribution in [3.8, 4) is 5.88 Å². The van der Waals surface area contributed by atoms with Crippen LogP contribution in [-0.2, 0) is 0 Å². The second kappa shape index (κ2) is 8.94.